The number of amidine groups is 1. The lowest BCUT2D eigenvalue weighted by Gasteiger charge is -2.42. The van der Waals surface area contributed by atoms with E-state index in [1.54, 1.807) is 7.11 Å². The number of aryl methyl sites for hydroxylation is 1. The van der Waals surface area contributed by atoms with Gasteiger partial charge in [-0.3, -0.25) is 0 Å². The molecule has 7 nitrogen and oxygen atoms in total. The highest BCUT2D eigenvalue weighted by molar-refractivity contribution is 6.02. The summed E-state index contributed by atoms with van der Waals surface area (Å²) in [7, 11) is 1.71. The summed E-state index contributed by atoms with van der Waals surface area (Å²) in [5.74, 6) is 1.84. The van der Waals surface area contributed by atoms with E-state index < -0.39 is 0 Å². The number of fused-ring (bicyclic) bond motifs is 1. The van der Waals surface area contributed by atoms with Gasteiger partial charge >= 0.3 is 0 Å². The molecular formula is C25H33N5O2. The van der Waals surface area contributed by atoms with E-state index in [4.69, 9.17) is 9.57 Å². The molecule has 0 aliphatic carbocycles. The van der Waals surface area contributed by atoms with Gasteiger partial charge in [-0.15, -0.1) is 0 Å². The predicted molar refractivity (Wildman–Crippen MR) is 126 cm³/mol. The molecule has 4 heterocycles. The maximum absolute atomic E-state index is 5.73. The van der Waals surface area contributed by atoms with Crippen LogP contribution in [0.1, 0.15) is 43.4 Å². The molecule has 0 unspecified atom stereocenters. The number of imidazole rings is 1. The number of nitrogens with zero attached hydrogens (tertiary/aromatic N) is 5. The van der Waals surface area contributed by atoms with Crippen LogP contribution in [0.25, 0.3) is 11.8 Å². The molecule has 1 aromatic carbocycles. The standard InChI is InChI=1S/C25H33N5O2/c1-19-15-29(18-26-19)23-9-8-20(14-24(23)31-2)13-21-7-6-12-30-22(17-32-27-25(21)30)16-28-10-4-3-5-11-28/h8-9,13-15,18,22H,3-7,10-12,16-17H2,1-2H3/b21-13+/t22-/m0/s1. The predicted octanol–water partition coefficient (Wildman–Crippen LogP) is 3.87. The summed E-state index contributed by atoms with van der Waals surface area (Å²) in [4.78, 5) is 15.1. The maximum atomic E-state index is 5.73. The van der Waals surface area contributed by atoms with Crippen LogP contribution in [0.4, 0.5) is 0 Å². The highest BCUT2D eigenvalue weighted by Crippen LogP contribution is 2.29. The Morgan fingerprint density at radius 3 is 2.81 bits per heavy atom. The fourth-order valence-electron chi connectivity index (χ4n) is 5.06. The van der Waals surface area contributed by atoms with Gasteiger partial charge in [0.1, 0.15) is 12.4 Å². The van der Waals surface area contributed by atoms with Crippen molar-refractivity contribution in [3.63, 3.8) is 0 Å². The molecule has 0 saturated carbocycles. The number of rotatable bonds is 5. The average Bonchev–Trinajstić information content (AvgIpc) is 3.26. The summed E-state index contributed by atoms with van der Waals surface area (Å²) in [5.41, 5.74) is 4.32. The Bertz CT molecular complexity index is 1010. The van der Waals surface area contributed by atoms with Crippen LogP contribution in [-0.2, 0) is 4.84 Å². The van der Waals surface area contributed by atoms with Crippen LogP contribution in [0.3, 0.4) is 0 Å². The molecule has 0 amide bonds. The number of ether oxygens (including phenoxy) is 1. The van der Waals surface area contributed by atoms with Crippen LogP contribution in [-0.4, -0.2) is 71.1 Å². The van der Waals surface area contributed by atoms with Gasteiger partial charge < -0.3 is 23.9 Å². The Balaban J connectivity index is 1.37. The second-order valence-electron chi connectivity index (χ2n) is 9.05. The molecule has 5 rings (SSSR count). The number of likely N-dealkylation sites (tertiary alicyclic amines) is 1. The molecule has 7 heteroatoms. The van der Waals surface area contributed by atoms with Crippen molar-refractivity contribution in [3.8, 4) is 11.4 Å². The molecule has 1 atom stereocenters. The monoisotopic (exact) mass is 435 g/mol. The van der Waals surface area contributed by atoms with Crippen molar-refractivity contribution < 1.29 is 9.57 Å². The number of hydrogen-bond donors (Lipinski definition) is 0. The smallest absolute Gasteiger partial charge is 0.171 e. The SMILES string of the molecule is COc1cc(/C=C2\CCCN3C2=NOC[C@@H]3CN2CCCCC2)ccc1-n1cnc(C)c1. The molecule has 2 fully saturated rings. The summed E-state index contributed by atoms with van der Waals surface area (Å²) in [5, 5.41) is 4.50. The van der Waals surface area contributed by atoms with E-state index in [9.17, 15) is 0 Å². The van der Waals surface area contributed by atoms with Gasteiger partial charge in [0.25, 0.3) is 0 Å². The molecule has 2 saturated heterocycles. The fraction of sp³-hybridized carbons (Fsp3) is 0.520. The third-order valence-electron chi connectivity index (χ3n) is 6.72. The van der Waals surface area contributed by atoms with Crippen molar-refractivity contribution in [2.24, 2.45) is 5.16 Å². The Kier molecular flexibility index (Phi) is 6.17. The number of piperidine rings is 2. The van der Waals surface area contributed by atoms with Crippen molar-refractivity contribution in [1.29, 1.82) is 0 Å². The summed E-state index contributed by atoms with van der Waals surface area (Å²) in [6.45, 7) is 7.21. The Morgan fingerprint density at radius 1 is 1.16 bits per heavy atom. The van der Waals surface area contributed by atoms with E-state index in [1.165, 1.54) is 37.9 Å². The minimum absolute atomic E-state index is 0.380. The van der Waals surface area contributed by atoms with E-state index in [0.717, 1.165) is 54.5 Å². The molecule has 3 aliphatic heterocycles. The van der Waals surface area contributed by atoms with Crippen molar-refractivity contribution >= 4 is 11.9 Å². The molecule has 0 bridgehead atoms. The minimum Gasteiger partial charge on any atom is -0.495 e. The number of hydrogen-bond acceptors (Lipinski definition) is 6. The van der Waals surface area contributed by atoms with E-state index >= 15 is 0 Å². The first-order valence-corrected chi connectivity index (χ1v) is 11.8. The lowest BCUT2D eigenvalue weighted by molar-refractivity contribution is 0.0377. The zero-order valence-electron chi connectivity index (χ0n) is 19.2. The van der Waals surface area contributed by atoms with Gasteiger partial charge in [-0.1, -0.05) is 17.6 Å². The summed E-state index contributed by atoms with van der Waals surface area (Å²) in [6, 6.07) is 6.69. The van der Waals surface area contributed by atoms with E-state index in [1.807, 2.05) is 24.0 Å². The van der Waals surface area contributed by atoms with E-state index in [2.05, 4.69) is 44.2 Å². The molecule has 32 heavy (non-hydrogen) atoms. The van der Waals surface area contributed by atoms with Crippen molar-refractivity contribution in [2.75, 3.05) is 39.9 Å². The molecule has 0 spiro atoms. The minimum atomic E-state index is 0.380. The second kappa shape index (κ2) is 9.36. The largest absolute Gasteiger partial charge is 0.495 e. The molecule has 2 aromatic rings. The van der Waals surface area contributed by atoms with Crippen LogP contribution in [0, 0.1) is 6.92 Å². The third-order valence-corrected chi connectivity index (χ3v) is 6.72. The molecule has 1 aromatic heterocycles. The second-order valence-corrected chi connectivity index (χ2v) is 9.05. The molecule has 0 radical (unpaired) electrons. The third kappa shape index (κ3) is 4.39. The Hall–Kier alpha value is -2.80. The highest BCUT2D eigenvalue weighted by atomic mass is 16.6. The number of methoxy groups -OCH3 is 1. The van der Waals surface area contributed by atoms with Crippen LogP contribution in [0.15, 0.2) is 41.5 Å². The van der Waals surface area contributed by atoms with Crippen molar-refractivity contribution in [2.45, 2.75) is 45.1 Å². The highest BCUT2D eigenvalue weighted by Gasteiger charge is 2.33. The van der Waals surface area contributed by atoms with Gasteiger partial charge in [-0.2, -0.15) is 0 Å². The van der Waals surface area contributed by atoms with E-state index in [0.29, 0.717) is 12.6 Å². The fourth-order valence-corrected chi connectivity index (χ4v) is 5.06. The normalized spacial score (nSPS) is 22.9. The van der Waals surface area contributed by atoms with Gasteiger partial charge in [0, 0.05) is 19.3 Å². The van der Waals surface area contributed by atoms with Gasteiger partial charge in [0.2, 0.25) is 0 Å². The van der Waals surface area contributed by atoms with Crippen LogP contribution in [0.5, 0.6) is 5.75 Å². The topological polar surface area (TPSA) is 55.1 Å². The molecule has 3 aliphatic rings. The summed E-state index contributed by atoms with van der Waals surface area (Å²) in [6.07, 6.45) is 12.2. The van der Waals surface area contributed by atoms with Crippen LogP contribution >= 0.6 is 0 Å². The van der Waals surface area contributed by atoms with Gasteiger partial charge in [-0.05, 0) is 75.0 Å². The van der Waals surface area contributed by atoms with Crippen molar-refractivity contribution in [1.82, 2.24) is 19.4 Å². The number of aromatic nitrogens is 2. The summed E-state index contributed by atoms with van der Waals surface area (Å²) < 4.78 is 7.70. The van der Waals surface area contributed by atoms with Gasteiger partial charge in [0.05, 0.1) is 30.9 Å². The summed E-state index contributed by atoms with van der Waals surface area (Å²) >= 11 is 0. The van der Waals surface area contributed by atoms with Gasteiger partial charge in [0.15, 0.2) is 5.84 Å². The lowest BCUT2D eigenvalue weighted by atomic mass is 9.98. The first-order chi connectivity index (χ1) is 15.7. The zero-order valence-corrected chi connectivity index (χ0v) is 19.2. The van der Waals surface area contributed by atoms with Crippen molar-refractivity contribution in [3.05, 3.63) is 47.6 Å². The Labute approximate surface area is 190 Å². The van der Waals surface area contributed by atoms with Crippen LogP contribution < -0.4 is 4.74 Å². The zero-order chi connectivity index (χ0) is 21.9. The maximum Gasteiger partial charge on any atom is 0.171 e. The first-order valence-electron chi connectivity index (χ1n) is 11.8. The number of oxime groups is 1. The molecular weight excluding hydrogens is 402 g/mol. The molecule has 170 valence electrons. The number of benzene rings is 1. The first kappa shape index (κ1) is 21.1. The average molecular weight is 436 g/mol. The quantitative estimate of drug-likeness (QED) is 0.714. The van der Waals surface area contributed by atoms with Gasteiger partial charge in [-0.25, -0.2) is 4.98 Å². The molecule has 0 N–H and O–H groups in total. The Morgan fingerprint density at radius 2 is 2.03 bits per heavy atom. The van der Waals surface area contributed by atoms with Crippen LogP contribution in [0.2, 0.25) is 0 Å². The lowest BCUT2D eigenvalue weighted by Crippen LogP contribution is -2.54. The van der Waals surface area contributed by atoms with E-state index in [-0.39, 0.29) is 0 Å².